The van der Waals surface area contributed by atoms with Crippen LogP contribution in [0.2, 0.25) is 0 Å². The van der Waals surface area contributed by atoms with E-state index < -0.39 is 0 Å². The monoisotopic (exact) mass is 420 g/mol. The van der Waals surface area contributed by atoms with E-state index in [1.165, 1.54) is 6.07 Å². The number of para-hydroxylation sites is 1. The zero-order valence-corrected chi connectivity index (χ0v) is 17.6. The highest BCUT2D eigenvalue weighted by Crippen LogP contribution is 2.29. The van der Waals surface area contributed by atoms with E-state index in [0.29, 0.717) is 17.8 Å². The summed E-state index contributed by atoms with van der Waals surface area (Å²) in [7, 11) is 1.63. The minimum Gasteiger partial charge on any atom is -0.496 e. The van der Waals surface area contributed by atoms with Crippen molar-refractivity contribution < 1.29 is 13.9 Å². The number of ether oxygens (including phenoxy) is 1. The minimum atomic E-state index is -0.325. The summed E-state index contributed by atoms with van der Waals surface area (Å²) in [6.45, 7) is 3.05. The third kappa shape index (κ3) is 4.66. The van der Waals surface area contributed by atoms with Crippen molar-refractivity contribution in [3.63, 3.8) is 0 Å². The molecule has 7 heteroatoms. The lowest BCUT2D eigenvalue weighted by Crippen LogP contribution is -2.41. The first kappa shape index (κ1) is 20.8. The Bertz CT molecular complexity index is 1070. The smallest absolute Gasteiger partial charge is 0.229 e. The number of carbonyl (C=O) groups is 1. The van der Waals surface area contributed by atoms with Crippen molar-refractivity contribution in [1.29, 1.82) is 0 Å². The molecule has 1 N–H and O–H groups in total. The number of hydrogen-bond acceptors (Lipinski definition) is 5. The number of carbonyl (C=O) groups excluding carboxylic acids is 1. The predicted octanol–water partition coefficient (Wildman–Crippen LogP) is 4.45. The number of nitrogens with zero attached hydrogens (tertiary/aromatic N) is 3. The Hall–Kier alpha value is -3.48. The number of aryl methyl sites for hydroxylation is 1. The van der Waals surface area contributed by atoms with Gasteiger partial charge in [0.05, 0.1) is 18.7 Å². The van der Waals surface area contributed by atoms with Crippen LogP contribution in [0.4, 0.5) is 15.9 Å². The van der Waals surface area contributed by atoms with Gasteiger partial charge in [-0.25, -0.2) is 4.39 Å². The van der Waals surface area contributed by atoms with Gasteiger partial charge in [-0.1, -0.05) is 18.2 Å². The van der Waals surface area contributed by atoms with Crippen molar-refractivity contribution in [1.82, 2.24) is 10.2 Å². The Morgan fingerprint density at radius 1 is 1.16 bits per heavy atom. The Labute approximate surface area is 181 Å². The molecular formula is C24H25FN4O2. The molecule has 0 radical (unpaired) electrons. The van der Waals surface area contributed by atoms with Gasteiger partial charge in [0, 0.05) is 24.3 Å². The fraction of sp³-hybridized carbons (Fsp3) is 0.292. The van der Waals surface area contributed by atoms with E-state index in [1.807, 2.05) is 36.4 Å². The molecule has 3 aromatic rings. The highest BCUT2D eigenvalue weighted by molar-refractivity contribution is 5.93. The number of rotatable bonds is 5. The van der Waals surface area contributed by atoms with Gasteiger partial charge in [-0.2, -0.15) is 0 Å². The average molecular weight is 420 g/mol. The van der Waals surface area contributed by atoms with Gasteiger partial charge in [-0.05, 0) is 61.7 Å². The highest BCUT2D eigenvalue weighted by atomic mass is 19.1. The van der Waals surface area contributed by atoms with Gasteiger partial charge in [-0.15, -0.1) is 10.2 Å². The van der Waals surface area contributed by atoms with Crippen molar-refractivity contribution >= 4 is 17.4 Å². The number of halogens is 1. The number of benzene rings is 2. The molecular weight excluding hydrogens is 395 g/mol. The van der Waals surface area contributed by atoms with Gasteiger partial charge >= 0.3 is 0 Å². The number of anilines is 2. The zero-order valence-electron chi connectivity index (χ0n) is 17.6. The molecule has 0 spiro atoms. The Kier molecular flexibility index (Phi) is 6.11. The summed E-state index contributed by atoms with van der Waals surface area (Å²) >= 11 is 0. The van der Waals surface area contributed by atoms with Crippen molar-refractivity contribution in [2.24, 2.45) is 5.92 Å². The van der Waals surface area contributed by atoms with Crippen molar-refractivity contribution in [3.05, 3.63) is 66.0 Å². The molecule has 6 nitrogen and oxygen atoms in total. The Morgan fingerprint density at radius 2 is 2.00 bits per heavy atom. The summed E-state index contributed by atoms with van der Waals surface area (Å²) in [5.41, 5.74) is 2.64. The molecule has 0 saturated carbocycles. The topological polar surface area (TPSA) is 67.3 Å². The van der Waals surface area contributed by atoms with Crippen LogP contribution >= 0.6 is 0 Å². The summed E-state index contributed by atoms with van der Waals surface area (Å²) in [6, 6.07) is 16.3. The first-order valence-electron chi connectivity index (χ1n) is 10.3. The van der Waals surface area contributed by atoms with Crippen LogP contribution in [0, 0.1) is 18.7 Å². The summed E-state index contributed by atoms with van der Waals surface area (Å²) in [6.07, 6.45) is 1.65. The lowest BCUT2D eigenvalue weighted by atomic mass is 9.97. The van der Waals surface area contributed by atoms with Crippen LogP contribution in [0.1, 0.15) is 18.4 Å². The second-order valence-electron chi connectivity index (χ2n) is 7.72. The third-order valence-electron chi connectivity index (χ3n) is 5.59. The summed E-state index contributed by atoms with van der Waals surface area (Å²) in [5.74, 6) is 0.846. The zero-order chi connectivity index (χ0) is 21.8. The molecule has 1 fully saturated rings. The molecule has 1 atom stereocenters. The molecule has 1 saturated heterocycles. The number of amides is 1. The lowest BCUT2D eigenvalue weighted by Gasteiger charge is -2.32. The van der Waals surface area contributed by atoms with Crippen LogP contribution in [-0.4, -0.2) is 36.3 Å². The molecule has 1 aliphatic heterocycles. The van der Waals surface area contributed by atoms with Crippen molar-refractivity contribution in [2.75, 3.05) is 30.4 Å². The summed E-state index contributed by atoms with van der Waals surface area (Å²) in [4.78, 5) is 14.8. The van der Waals surface area contributed by atoms with Gasteiger partial charge in [0.15, 0.2) is 5.82 Å². The lowest BCUT2D eigenvalue weighted by molar-refractivity contribution is -0.120. The average Bonchev–Trinajstić information content (AvgIpc) is 2.81. The largest absolute Gasteiger partial charge is 0.496 e. The normalized spacial score (nSPS) is 16.1. The number of nitrogens with one attached hydrogen (secondary N) is 1. The maximum absolute atomic E-state index is 13.8. The van der Waals surface area contributed by atoms with E-state index >= 15 is 0 Å². The number of piperidine rings is 1. The fourth-order valence-electron chi connectivity index (χ4n) is 3.81. The maximum Gasteiger partial charge on any atom is 0.229 e. The van der Waals surface area contributed by atoms with Crippen LogP contribution in [-0.2, 0) is 4.79 Å². The molecule has 0 bridgehead atoms. The van der Waals surface area contributed by atoms with Crippen LogP contribution in [0.25, 0.3) is 11.3 Å². The number of hydrogen-bond donors (Lipinski definition) is 1. The van der Waals surface area contributed by atoms with Gasteiger partial charge < -0.3 is 15.0 Å². The van der Waals surface area contributed by atoms with Crippen LogP contribution in [0.3, 0.4) is 0 Å². The van der Waals surface area contributed by atoms with Gasteiger partial charge in [-0.3, -0.25) is 4.79 Å². The Morgan fingerprint density at radius 3 is 2.74 bits per heavy atom. The first-order chi connectivity index (χ1) is 15.0. The highest BCUT2D eigenvalue weighted by Gasteiger charge is 2.27. The third-order valence-corrected chi connectivity index (χ3v) is 5.59. The van der Waals surface area contributed by atoms with E-state index in [1.54, 1.807) is 26.2 Å². The van der Waals surface area contributed by atoms with Gasteiger partial charge in [0.2, 0.25) is 5.91 Å². The molecule has 1 amide bonds. The number of methoxy groups -OCH3 is 1. The van der Waals surface area contributed by atoms with Crippen LogP contribution in [0.5, 0.6) is 5.75 Å². The molecule has 1 aliphatic rings. The second kappa shape index (κ2) is 9.12. The van der Waals surface area contributed by atoms with Crippen molar-refractivity contribution in [3.8, 4) is 17.0 Å². The molecule has 1 aromatic heterocycles. The first-order valence-corrected chi connectivity index (χ1v) is 10.3. The molecule has 31 heavy (non-hydrogen) atoms. The Balaban J connectivity index is 1.44. The standard InChI is InChI=1S/C24H25FN4O2/c1-16-9-10-18(14-20(16)25)26-24(30)17-6-5-13-29(15-17)23-12-11-21(27-28-23)19-7-3-4-8-22(19)31-2/h3-4,7-12,14,17H,5-6,13,15H2,1-2H3,(H,26,30). The molecule has 2 aromatic carbocycles. The van der Waals surface area contributed by atoms with E-state index in [4.69, 9.17) is 4.74 Å². The van der Waals surface area contributed by atoms with Gasteiger partial charge in [0.1, 0.15) is 11.6 Å². The van der Waals surface area contributed by atoms with E-state index in [2.05, 4.69) is 20.4 Å². The molecule has 4 rings (SSSR count). The molecule has 1 unspecified atom stereocenters. The van der Waals surface area contributed by atoms with Crippen LogP contribution in [0.15, 0.2) is 54.6 Å². The molecule has 160 valence electrons. The minimum absolute atomic E-state index is 0.105. The van der Waals surface area contributed by atoms with Crippen molar-refractivity contribution in [2.45, 2.75) is 19.8 Å². The predicted molar refractivity (Wildman–Crippen MR) is 119 cm³/mol. The van der Waals surface area contributed by atoms with E-state index in [0.717, 1.165) is 42.2 Å². The maximum atomic E-state index is 13.8. The second-order valence-corrected chi connectivity index (χ2v) is 7.72. The van der Waals surface area contributed by atoms with Gasteiger partial charge in [0.25, 0.3) is 0 Å². The van der Waals surface area contributed by atoms with E-state index in [-0.39, 0.29) is 17.6 Å². The summed E-state index contributed by atoms with van der Waals surface area (Å²) < 4.78 is 19.2. The quantitative estimate of drug-likeness (QED) is 0.660. The van der Waals surface area contributed by atoms with Crippen LogP contribution < -0.4 is 15.0 Å². The number of aromatic nitrogens is 2. The molecule has 0 aliphatic carbocycles. The van der Waals surface area contributed by atoms with E-state index in [9.17, 15) is 9.18 Å². The fourth-order valence-corrected chi connectivity index (χ4v) is 3.81. The molecule has 2 heterocycles. The summed E-state index contributed by atoms with van der Waals surface area (Å²) in [5, 5.41) is 11.6. The SMILES string of the molecule is COc1ccccc1-c1ccc(N2CCCC(C(=O)Nc3ccc(C)c(F)c3)C2)nn1.